The summed E-state index contributed by atoms with van der Waals surface area (Å²) < 4.78 is 7.28. The molecule has 1 saturated carbocycles. The van der Waals surface area contributed by atoms with Gasteiger partial charge in [0.2, 0.25) is 0 Å². The van der Waals surface area contributed by atoms with Gasteiger partial charge >= 0.3 is 0 Å². The lowest BCUT2D eigenvalue weighted by molar-refractivity contribution is -0.0445. The topological polar surface area (TPSA) is 34.1 Å². The van der Waals surface area contributed by atoms with Crippen LogP contribution in [0.5, 0.6) is 5.19 Å². The fourth-order valence-corrected chi connectivity index (χ4v) is 3.77. The van der Waals surface area contributed by atoms with Crippen LogP contribution < -0.4 is 10.1 Å². The third kappa shape index (κ3) is 1.88. The second-order valence-electron chi connectivity index (χ2n) is 4.94. The fourth-order valence-electron chi connectivity index (χ4n) is 2.91. The summed E-state index contributed by atoms with van der Waals surface area (Å²) in [5.41, 5.74) is 1.05. The molecule has 2 bridgehead atoms. The molecule has 2 aliphatic rings. The van der Waals surface area contributed by atoms with Gasteiger partial charge in [-0.2, -0.15) is 0 Å². The minimum atomic E-state index is 0. The van der Waals surface area contributed by atoms with Crippen molar-refractivity contribution in [2.75, 3.05) is 13.1 Å². The largest absolute Gasteiger partial charge is 0.466 e. The number of nitrogens with one attached hydrogen (secondary N) is 1. The van der Waals surface area contributed by atoms with Crippen LogP contribution in [-0.4, -0.2) is 24.2 Å². The van der Waals surface area contributed by atoms with E-state index in [9.17, 15) is 0 Å². The van der Waals surface area contributed by atoms with Gasteiger partial charge in [-0.1, -0.05) is 23.5 Å². The van der Waals surface area contributed by atoms with Gasteiger partial charge in [-0.3, -0.25) is 0 Å². The van der Waals surface area contributed by atoms with Crippen molar-refractivity contribution in [3.05, 3.63) is 24.3 Å². The van der Waals surface area contributed by atoms with Crippen LogP contribution in [0.3, 0.4) is 0 Å². The molecule has 1 aliphatic carbocycles. The molecule has 1 aromatic heterocycles. The van der Waals surface area contributed by atoms with E-state index in [4.69, 9.17) is 4.74 Å². The molecule has 96 valence electrons. The van der Waals surface area contributed by atoms with E-state index < -0.39 is 0 Å². The first-order valence-corrected chi connectivity index (χ1v) is 6.95. The van der Waals surface area contributed by atoms with Gasteiger partial charge in [-0.25, -0.2) is 4.98 Å². The van der Waals surface area contributed by atoms with E-state index in [0.717, 1.165) is 23.8 Å². The second-order valence-corrected chi connectivity index (χ2v) is 5.94. The monoisotopic (exact) mass is 282 g/mol. The van der Waals surface area contributed by atoms with Crippen molar-refractivity contribution in [1.29, 1.82) is 0 Å². The van der Waals surface area contributed by atoms with Gasteiger partial charge in [0.1, 0.15) is 6.10 Å². The number of nitrogens with zero attached hydrogens (tertiary/aromatic N) is 1. The Labute approximate surface area is 116 Å². The minimum Gasteiger partial charge on any atom is -0.466 e. The number of aromatic nitrogens is 1. The maximum absolute atomic E-state index is 6.07. The second kappa shape index (κ2) is 4.68. The third-order valence-corrected chi connectivity index (χ3v) is 4.79. The lowest BCUT2D eigenvalue weighted by Gasteiger charge is -2.48. The third-order valence-electron chi connectivity index (χ3n) is 3.86. The summed E-state index contributed by atoms with van der Waals surface area (Å²) in [7, 11) is 0. The molecule has 0 spiro atoms. The molecule has 2 fully saturated rings. The standard InChI is InChI=1S/C13H14N2OS.ClH/c1-2-4-11-10(3-1)15-13(17-11)16-12-8-5-9(12)7-14-6-8;/h1-4,8-9,12,14H,5-7H2;1H/t8-,9+,12?;. The molecule has 2 aromatic rings. The number of hydrogen-bond acceptors (Lipinski definition) is 4. The molecule has 0 radical (unpaired) electrons. The van der Waals surface area contributed by atoms with E-state index in [2.05, 4.69) is 16.4 Å². The number of piperidine rings is 2. The van der Waals surface area contributed by atoms with E-state index in [0.29, 0.717) is 17.9 Å². The smallest absolute Gasteiger partial charge is 0.274 e. The van der Waals surface area contributed by atoms with Crippen LogP contribution in [0.25, 0.3) is 10.2 Å². The van der Waals surface area contributed by atoms with Crippen molar-refractivity contribution in [2.24, 2.45) is 11.8 Å². The summed E-state index contributed by atoms with van der Waals surface area (Å²) in [5.74, 6) is 1.39. The Balaban J connectivity index is 0.000001000. The van der Waals surface area contributed by atoms with Crippen molar-refractivity contribution in [3.63, 3.8) is 0 Å². The first-order chi connectivity index (χ1) is 8.40. The quantitative estimate of drug-likeness (QED) is 0.920. The SMILES string of the molecule is Cl.c1ccc2sc(OC3[C@@H]4CNC[C@H]3C4)nc2c1. The molecule has 1 aromatic carbocycles. The van der Waals surface area contributed by atoms with E-state index in [1.165, 1.54) is 11.1 Å². The molecule has 3 atom stereocenters. The molecule has 2 heterocycles. The zero-order valence-corrected chi connectivity index (χ0v) is 11.5. The fraction of sp³-hybridized carbons (Fsp3) is 0.462. The number of thiazole rings is 1. The number of hydrogen-bond donors (Lipinski definition) is 1. The summed E-state index contributed by atoms with van der Waals surface area (Å²) in [6.45, 7) is 2.21. The zero-order chi connectivity index (χ0) is 11.2. The lowest BCUT2D eigenvalue weighted by atomic mass is 9.69. The van der Waals surface area contributed by atoms with Gasteiger partial charge in [0.15, 0.2) is 0 Å². The highest BCUT2D eigenvalue weighted by Gasteiger charge is 2.45. The molecule has 1 saturated heterocycles. The number of benzene rings is 1. The normalized spacial score (nSPS) is 29.4. The first-order valence-electron chi connectivity index (χ1n) is 6.13. The van der Waals surface area contributed by atoms with Crippen LogP contribution in [-0.2, 0) is 0 Å². The molecule has 1 aliphatic heterocycles. The molecule has 4 rings (SSSR count). The van der Waals surface area contributed by atoms with E-state index in [1.54, 1.807) is 11.3 Å². The summed E-state index contributed by atoms with van der Waals surface area (Å²) in [6.07, 6.45) is 1.72. The Hall–Kier alpha value is -0.840. The van der Waals surface area contributed by atoms with Crippen LogP contribution in [0.1, 0.15) is 6.42 Å². The van der Waals surface area contributed by atoms with Gasteiger partial charge in [-0.05, 0) is 18.6 Å². The predicted octanol–water partition coefficient (Wildman–Crippen LogP) is 2.70. The van der Waals surface area contributed by atoms with E-state index >= 15 is 0 Å². The van der Waals surface area contributed by atoms with Gasteiger partial charge in [0, 0.05) is 24.9 Å². The Morgan fingerprint density at radius 3 is 2.72 bits per heavy atom. The number of rotatable bonds is 2. The maximum Gasteiger partial charge on any atom is 0.274 e. The number of ether oxygens (including phenoxy) is 1. The number of para-hydroxylation sites is 1. The maximum atomic E-state index is 6.07. The van der Waals surface area contributed by atoms with Gasteiger partial charge in [0.25, 0.3) is 5.19 Å². The van der Waals surface area contributed by atoms with Crippen molar-refractivity contribution >= 4 is 34.0 Å². The van der Waals surface area contributed by atoms with Gasteiger partial charge < -0.3 is 10.1 Å². The Morgan fingerprint density at radius 1 is 1.22 bits per heavy atom. The average molecular weight is 283 g/mol. The molecule has 3 nitrogen and oxygen atoms in total. The Morgan fingerprint density at radius 2 is 2.00 bits per heavy atom. The van der Waals surface area contributed by atoms with Crippen LogP contribution in [0.2, 0.25) is 0 Å². The van der Waals surface area contributed by atoms with Gasteiger partial charge in [0.05, 0.1) is 10.2 Å². The zero-order valence-electron chi connectivity index (χ0n) is 9.83. The molecule has 18 heavy (non-hydrogen) atoms. The first kappa shape index (κ1) is 12.2. The average Bonchev–Trinajstić information content (AvgIpc) is 2.79. The van der Waals surface area contributed by atoms with Crippen molar-refractivity contribution < 1.29 is 4.74 Å². The highest BCUT2D eigenvalue weighted by molar-refractivity contribution is 7.20. The summed E-state index contributed by atoms with van der Waals surface area (Å²) in [4.78, 5) is 4.54. The molecule has 5 heteroatoms. The van der Waals surface area contributed by atoms with Crippen LogP contribution >= 0.6 is 23.7 Å². The van der Waals surface area contributed by atoms with E-state index in [-0.39, 0.29) is 12.4 Å². The van der Waals surface area contributed by atoms with Gasteiger partial charge in [-0.15, -0.1) is 12.4 Å². The van der Waals surface area contributed by atoms with Crippen LogP contribution in [0.4, 0.5) is 0 Å². The minimum absolute atomic E-state index is 0. The van der Waals surface area contributed by atoms with Crippen molar-refractivity contribution in [3.8, 4) is 5.19 Å². The summed E-state index contributed by atoms with van der Waals surface area (Å²) in [6, 6.07) is 8.21. The molecule has 0 amide bonds. The Kier molecular flexibility index (Phi) is 3.18. The van der Waals surface area contributed by atoms with Crippen LogP contribution in [0.15, 0.2) is 24.3 Å². The molecule has 1 N–H and O–H groups in total. The summed E-state index contributed by atoms with van der Waals surface area (Å²) in [5, 5.41) is 4.27. The number of halogens is 1. The lowest BCUT2D eigenvalue weighted by Crippen LogP contribution is -2.59. The van der Waals surface area contributed by atoms with E-state index in [1.807, 2.05) is 18.2 Å². The summed E-state index contributed by atoms with van der Waals surface area (Å²) >= 11 is 1.66. The Bertz CT molecular complexity index is 512. The van der Waals surface area contributed by atoms with Crippen molar-refractivity contribution in [1.82, 2.24) is 10.3 Å². The number of fused-ring (bicyclic) bond motifs is 3. The highest BCUT2D eigenvalue weighted by atomic mass is 35.5. The molecule has 1 unspecified atom stereocenters. The van der Waals surface area contributed by atoms with Crippen LogP contribution in [0, 0.1) is 11.8 Å². The molecular weight excluding hydrogens is 268 g/mol. The molecular formula is C13H15ClN2OS. The predicted molar refractivity (Wildman–Crippen MR) is 75.8 cm³/mol. The highest BCUT2D eigenvalue weighted by Crippen LogP contribution is 2.40. The van der Waals surface area contributed by atoms with Crippen molar-refractivity contribution in [2.45, 2.75) is 12.5 Å².